The highest BCUT2D eigenvalue weighted by molar-refractivity contribution is 5.01. The lowest BCUT2D eigenvalue weighted by Gasteiger charge is -2.57. The van der Waals surface area contributed by atoms with Gasteiger partial charge in [-0.1, -0.05) is 0 Å². The monoisotopic (exact) mass is 310 g/mol. The molecule has 0 spiro atoms. The van der Waals surface area contributed by atoms with Gasteiger partial charge in [-0.3, -0.25) is 0 Å². The van der Waals surface area contributed by atoms with Crippen molar-refractivity contribution in [2.75, 3.05) is 19.8 Å². The largest absolute Gasteiger partial charge is 0.385 e. The maximum atomic E-state index is 10.0. The third-order valence-corrected chi connectivity index (χ3v) is 6.25. The maximum Gasteiger partial charge on any atom is 0.126 e. The van der Waals surface area contributed by atoms with E-state index < -0.39 is 0 Å². The quantitative estimate of drug-likeness (QED) is 0.709. The topological polar surface area (TPSA) is 46.1 Å². The van der Waals surface area contributed by atoms with E-state index in [0.29, 0.717) is 12.0 Å². The second-order valence-corrected chi connectivity index (χ2v) is 9.70. The Morgan fingerprint density at radius 3 is 2.14 bits per heavy atom. The molecule has 22 heavy (non-hydrogen) atoms. The van der Waals surface area contributed by atoms with Crippen molar-refractivity contribution in [3.63, 3.8) is 0 Å². The first-order valence-electron chi connectivity index (χ1n) is 9.44. The van der Waals surface area contributed by atoms with Crippen LogP contribution in [0.4, 0.5) is 0 Å². The Bertz CT molecular complexity index is 339. The number of hydrogen-bond acceptors (Lipinski definition) is 2. The van der Waals surface area contributed by atoms with Crippen LogP contribution in [0.5, 0.6) is 0 Å². The number of aliphatic hydroxyl groups excluding tert-OH is 1. The Morgan fingerprint density at radius 2 is 1.64 bits per heavy atom. The van der Waals surface area contributed by atoms with Crippen LogP contribution in [0, 0.1) is 23.2 Å². The number of ether oxygens (including phenoxy) is 1. The molecule has 0 aromatic carbocycles. The van der Waals surface area contributed by atoms with Crippen LogP contribution in [0.3, 0.4) is 0 Å². The van der Waals surface area contributed by atoms with Gasteiger partial charge in [0.25, 0.3) is 0 Å². The predicted octanol–water partition coefficient (Wildman–Crippen LogP) is 2.33. The molecular weight excluding hydrogens is 274 g/mol. The Morgan fingerprint density at radius 1 is 1.09 bits per heavy atom. The summed E-state index contributed by atoms with van der Waals surface area (Å²) in [5, 5.41) is 12.2. The van der Waals surface area contributed by atoms with Crippen molar-refractivity contribution in [1.29, 1.82) is 0 Å². The van der Waals surface area contributed by atoms with Gasteiger partial charge in [0.15, 0.2) is 0 Å². The van der Waals surface area contributed by atoms with E-state index in [1.54, 1.807) is 0 Å². The lowest BCUT2D eigenvalue weighted by atomic mass is 9.49. The van der Waals surface area contributed by atoms with E-state index >= 15 is 0 Å². The van der Waals surface area contributed by atoms with Gasteiger partial charge in [0, 0.05) is 6.61 Å². The normalized spacial score (nSPS) is 38.5. The van der Waals surface area contributed by atoms with Crippen LogP contribution in [0.25, 0.3) is 0 Å². The molecular formula is C19H36NO2+. The Kier molecular flexibility index (Phi) is 4.87. The number of aliphatic hydroxyl groups is 1. The lowest BCUT2D eigenvalue weighted by Crippen LogP contribution is -2.96. The van der Waals surface area contributed by atoms with Gasteiger partial charge in [-0.15, -0.1) is 0 Å². The lowest BCUT2D eigenvalue weighted by molar-refractivity contribution is -0.722. The average molecular weight is 311 g/mol. The summed E-state index contributed by atoms with van der Waals surface area (Å²) < 4.78 is 5.83. The summed E-state index contributed by atoms with van der Waals surface area (Å²) >= 11 is 0. The SMILES string of the molecule is CC(C)(C)[NH2+]C[C@H](O)COCCC12CC3CC(CC(C3)C1)C2. The number of quaternary nitrogens is 1. The van der Waals surface area contributed by atoms with E-state index in [1.807, 2.05) is 0 Å². The zero-order valence-electron chi connectivity index (χ0n) is 14.8. The van der Waals surface area contributed by atoms with E-state index in [4.69, 9.17) is 4.74 Å². The Labute approximate surface area is 136 Å². The standard InChI is InChI=1S/C19H35NO2/c1-18(2,3)20-12-17(21)13-22-5-4-19-9-14-6-15(10-19)8-16(7-14)11-19/h14-17,20-21H,4-13H2,1-3H3/p+1/t14?,15?,16?,17-,19?/m0/s1. The molecule has 0 saturated heterocycles. The predicted molar refractivity (Wildman–Crippen MR) is 88.6 cm³/mol. The van der Waals surface area contributed by atoms with Gasteiger partial charge in [0.1, 0.15) is 12.6 Å². The molecule has 3 nitrogen and oxygen atoms in total. The minimum absolute atomic E-state index is 0.181. The van der Waals surface area contributed by atoms with Crippen LogP contribution in [0.1, 0.15) is 65.7 Å². The van der Waals surface area contributed by atoms with E-state index in [9.17, 15) is 5.11 Å². The molecule has 4 rings (SSSR count). The van der Waals surface area contributed by atoms with Crippen molar-refractivity contribution in [3.8, 4) is 0 Å². The molecule has 1 atom stereocenters. The van der Waals surface area contributed by atoms with Gasteiger partial charge in [0.05, 0.1) is 12.1 Å². The highest BCUT2D eigenvalue weighted by atomic mass is 16.5. The molecule has 0 aliphatic heterocycles. The van der Waals surface area contributed by atoms with Gasteiger partial charge in [-0.2, -0.15) is 0 Å². The molecule has 128 valence electrons. The number of nitrogens with two attached hydrogens (primary N) is 1. The molecule has 0 aromatic rings. The summed E-state index contributed by atoms with van der Waals surface area (Å²) in [7, 11) is 0. The summed E-state index contributed by atoms with van der Waals surface area (Å²) in [6, 6.07) is 0. The van der Waals surface area contributed by atoms with Gasteiger partial charge in [-0.25, -0.2) is 0 Å². The molecule has 3 N–H and O–H groups in total. The summed E-state index contributed by atoms with van der Waals surface area (Å²) in [5.74, 6) is 3.08. The third-order valence-electron chi connectivity index (χ3n) is 6.25. The minimum atomic E-state index is -0.337. The van der Waals surface area contributed by atoms with Crippen molar-refractivity contribution < 1.29 is 15.2 Å². The first-order chi connectivity index (χ1) is 10.3. The van der Waals surface area contributed by atoms with Gasteiger partial charge in [-0.05, 0) is 88.9 Å². The first kappa shape index (κ1) is 16.7. The summed E-state index contributed by atoms with van der Waals surface area (Å²) in [5.41, 5.74) is 0.789. The maximum absolute atomic E-state index is 10.0. The Hall–Kier alpha value is -0.120. The average Bonchev–Trinajstić information content (AvgIpc) is 2.39. The van der Waals surface area contributed by atoms with Crippen molar-refractivity contribution in [1.82, 2.24) is 0 Å². The van der Waals surface area contributed by atoms with Crippen molar-refractivity contribution in [2.24, 2.45) is 23.2 Å². The summed E-state index contributed by atoms with van der Waals surface area (Å²) in [6.07, 6.45) is 9.82. The summed E-state index contributed by atoms with van der Waals surface area (Å²) in [6.45, 7) is 8.60. The van der Waals surface area contributed by atoms with Crippen LogP contribution < -0.4 is 5.32 Å². The van der Waals surface area contributed by atoms with Crippen molar-refractivity contribution in [3.05, 3.63) is 0 Å². The van der Waals surface area contributed by atoms with Crippen molar-refractivity contribution >= 4 is 0 Å². The van der Waals surface area contributed by atoms with E-state index in [1.165, 1.54) is 44.9 Å². The zero-order chi connectivity index (χ0) is 15.8. The van der Waals surface area contributed by atoms with E-state index in [-0.39, 0.29) is 11.6 Å². The van der Waals surface area contributed by atoms with Gasteiger partial charge < -0.3 is 15.2 Å². The molecule has 0 unspecified atom stereocenters. The van der Waals surface area contributed by atoms with Crippen molar-refractivity contribution in [2.45, 2.75) is 77.4 Å². The highest BCUT2D eigenvalue weighted by Gasteiger charge is 2.50. The minimum Gasteiger partial charge on any atom is -0.385 e. The summed E-state index contributed by atoms with van der Waals surface area (Å²) in [4.78, 5) is 0. The van der Waals surface area contributed by atoms with Gasteiger partial charge in [0.2, 0.25) is 0 Å². The van der Waals surface area contributed by atoms with Crippen LogP contribution in [-0.2, 0) is 4.74 Å². The molecule has 0 amide bonds. The smallest absolute Gasteiger partial charge is 0.126 e. The van der Waals surface area contributed by atoms with Gasteiger partial charge >= 0.3 is 0 Å². The molecule has 4 bridgehead atoms. The second-order valence-electron chi connectivity index (χ2n) is 9.70. The van der Waals surface area contributed by atoms with E-state index in [0.717, 1.165) is 30.9 Å². The fourth-order valence-corrected chi connectivity index (χ4v) is 5.66. The third kappa shape index (κ3) is 4.24. The fraction of sp³-hybridized carbons (Fsp3) is 1.00. The molecule has 4 fully saturated rings. The number of rotatable bonds is 7. The van der Waals surface area contributed by atoms with Crippen LogP contribution >= 0.6 is 0 Å². The molecule has 0 heterocycles. The Balaban J connectivity index is 1.35. The highest BCUT2D eigenvalue weighted by Crippen LogP contribution is 2.61. The van der Waals surface area contributed by atoms with Crippen LogP contribution in [0.15, 0.2) is 0 Å². The number of hydrogen-bond donors (Lipinski definition) is 2. The van der Waals surface area contributed by atoms with E-state index in [2.05, 4.69) is 26.1 Å². The van der Waals surface area contributed by atoms with Crippen LogP contribution in [0.2, 0.25) is 0 Å². The molecule has 3 heteroatoms. The van der Waals surface area contributed by atoms with Crippen LogP contribution in [-0.4, -0.2) is 36.5 Å². The molecule has 4 saturated carbocycles. The molecule has 4 aliphatic carbocycles. The first-order valence-corrected chi connectivity index (χ1v) is 9.44. The second kappa shape index (κ2) is 6.41. The zero-order valence-corrected chi connectivity index (χ0v) is 14.8. The molecule has 0 aromatic heterocycles. The molecule has 4 aliphatic rings. The molecule has 0 radical (unpaired) electrons. The fourth-order valence-electron chi connectivity index (χ4n) is 5.66.